The standard InChI is InChI=1S/C28H59ClO3Si/c1-4-30-33(31-5-2,32-6-3)28-26-24-22-20-18-16-14-12-10-8-7-9-11-13-15-17-19-21-23-25-27-29/h4-28H2,1-3H3. The van der Waals surface area contributed by atoms with Crippen LogP contribution >= 0.6 is 11.6 Å². The molecular formula is C28H59ClO3Si. The average Bonchev–Trinajstić information content (AvgIpc) is 2.80. The molecule has 0 aromatic heterocycles. The second-order valence-electron chi connectivity index (χ2n) is 9.49. The van der Waals surface area contributed by atoms with Crippen molar-refractivity contribution in [2.75, 3.05) is 25.7 Å². The second kappa shape index (κ2) is 27.0. The first kappa shape index (κ1) is 33.4. The first-order valence-corrected chi connectivity index (χ1v) is 17.2. The lowest BCUT2D eigenvalue weighted by Crippen LogP contribution is -2.45. The Labute approximate surface area is 214 Å². The zero-order valence-corrected chi connectivity index (χ0v) is 24.5. The summed E-state index contributed by atoms with van der Waals surface area (Å²) in [5.41, 5.74) is 0. The van der Waals surface area contributed by atoms with Crippen molar-refractivity contribution in [1.82, 2.24) is 0 Å². The molecule has 0 rings (SSSR count). The molecule has 0 heterocycles. The van der Waals surface area contributed by atoms with Crippen molar-refractivity contribution in [1.29, 1.82) is 0 Å². The molecule has 0 aliphatic rings. The topological polar surface area (TPSA) is 27.7 Å². The van der Waals surface area contributed by atoms with Crippen LogP contribution in [0.4, 0.5) is 0 Å². The quantitative estimate of drug-likeness (QED) is 0.0599. The fraction of sp³-hybridized carbons (Fsp3) is 1.00. The third-order valence-corrected chi connectivity index (χ3v) is 9.88. The summed E-state index contributed by atoms with van der Waals surface area (Å²) in [6.07, 6.45) is 27.7. The summed E-state index contributed by atoms with van der Waals surface area (Å²) in [4.78, 5) is 0. The van der Waals surface area contributed by atoms with Crippen molar-refractivity contribution in [3.05, 3.63) is 0 Å². The van der Waals surface area contributed by atoms with E-state index in [1.165, 1.54) is 128 Å². The summed E-state index contributed by atoms with van der Waals surface area (Å²) < 4.78 is 17.8. The van der Waals surface area contributed by atoms with Crippen LogP contribution in [-0.2, 0) is 13.3 Å². The molecule has 0 atom stereocenters. The van der Waals surface area contributed by atoms with E-state index in [1.54, 1.807) is 0 Å². The molecule has 0 amide bonds. The monoisotopic (exact) mass is 506 g/mol. The maximum atomic E-state index is 5.95. The molecule has 0 saturated carbocycles. The normalized spacial score (nSPS) is 12.0. The van der Waals surface area contributed by atoms with Gasteiger partial charge in [0.25, 0.3) is 0 Å². The van der Waals surface area contributed by atoms with Gasteiger partial charge in [-0.25, -0.2) is 0 Å². The maximum Gasteiger partial charge on any atom is 0.500 e. The van der Waals surface area contributed by atoms with Crippen LogP contribution in [0.15, 0.2) is 0 Å². The van der Waals surface area contributed by atoms with Gasteiger partial charge in [0.05, 0.1) is 0 Å². The molecule has 33 heavy (non-hydrogen) atoms. The summed E-state index contributed by atoms with van der Waals surface area (Å²) in [5.74, 6) is 0.836. The van der Waals surface area contributed by atoms with Gasteiger partial charge in [0.15, 0.2) is 0 Å². The zero-order chi connectivity index (χ0) is 24.3. The van der Waals surface area contributed by atoms with Crippen molar-refractivity contribution in [2.24, 2.45) is 0 Å². The van der Waals surface area contributed by atoms with E-state index in [1.807, 2.05) is 20.8 Å². The predicted octanol–water partition coefficient (Wildman–Crippen LogP) is 10.1. The molecule has 0 aromatic rings. The van der Waals surface area contributed by atoms with Gasteiger partial charge >= 0.3 is 8.80 Å². The van der Waals surface area contributed by atoms with Crippen LogP contribution in [0.25, 0.3) is 0 Å². The fourth-order valence-corrected chi connectivity index (χ4v) is 7.49. The molecule has 5 heteroatoms. The highest BCUT2D eigenvalue weighted by Gasteiger charge is 2.39. The summed E-state index contributed by atoms with van der Waals surface area (Å²) in [5, 5.41) is 0. The summed E-state index contributed by atoms with van der Waals surface area (Å²) in [6.45, 7) is 8.16. The van der Waals surface area contributed by atoms with Crippen LogP contribution in [0, 0.1) is 0 Å². The lowest BCUT2D eigenvalue weighted by atomic mass is 10.0. The molecule has 0 aliphatic carbocycles. The second-order valence-corrected chi connectivity index (χ2v) is 12.6. The van der Waals surface area contributed by atoms with E-state index in [0.717, 1.165) is 11.9 Å². The van der Waals surface area contributed by atoms with Crippen LogP contribution in [0.1, 0.15) is 149 Å². The predicted molar refractivity (Wildman–Crippen MR) is 148 cm³/mol. The van der Waals surface area contributed by atoms with Gasteiger partial charge in [0.1, 0.15) is 0 Å². The average molecular weight is 507 g/mol. The van der Waals surface area contributed by atoms with E-state index >= 15 is 0 Å². The van der Waals surface area contributed by atoms with E-state index in [2.05, 4.69) is 0 Å². The molecule has 3 nitrogen and oxygen atoms in total. The van der Waals surface area contributed by atoms with Gasteiger partial charge in [-0.2, -0.15) is 0 Å². The molecule has 0 aromatic carbocycles. The molecule has 0 spiro atoms. The van der Waals surface area contributed by atoms with Crippen LogP contribution in [0.5, 0.6) is 0 Å². The first-order valence-electron chi connectivity index (χ1n) is 14.7. The van der Waals surface area contributed by atoms with E-state index in [9.17, 15) is 0 Å². The number of unbranched alkanes of at least 4 members (excludes halogenated alkanes) is 19. The van der Waals surface area contributed by atoms with Gasteiger partial charge in [-0.15, -0.1) is 11.6 Å². The van der Waals surface area contributed by atoms with E-state index in [-0.39, 0.29) is 0 Å². The highest BCUT2D eigenvalue weighted by molar-refractivity contribution is 6.60. The van der Waals surface area contributed by atoms with E-state index in [4.69, 9.17) is 24.9 Å². The number of rotatable bonds is 28. The molecule has 0 unspecified atom stereocenters. The van der Waals surface area contributed by atoms with Crippen molar-refractivity contribution >= 4 is 20.4 Å². The van der Waals surface area contributed by atoms with Crippen LogP contribution in [0.3, 0.4) is 0 Å². The first-order chi connectivity index (χ1) is 16.2. The highest BCUT2D eigenvalue weighted by Crippen LogP contribution is 2.21. The molecule has 0 bridgehead atoms. The molecular weight excluding hydrogens is 448 g/mol. The van der Waals surface area contributed by atoms with E-state index in [0.29, 0.717) is 19.8 Å². The summed E-state index contributed by atoms with van der Waals surface area (Å²) in [6, 6.07) is 0.970. The Hall–Kier alpha value is 0.387. The molecule has 0 saturated heterocycles. The summed E-state index contributed by atoms with van der Waals surface area (Å²) >= 11 is 5.71. The SMILES string of the molecule is CCO[Si](CCCCCCCCCCCCCCCCCCCCCCCl)(OCC)OCC. The van der Waals surface area contributed by atoms with Crippen LogP contribution < -0.4 is 0 Å². The number of halogens is 1. The summed E-state index contributed by atoms with van der Waals surface area (Å²) in [7, 11) is -2.41. The molecule has 0 N–H and O–H groups in total. The minimum absolute atomic E-state index is 0.683. The Kier molecular flexibility index (Phi) is 27.3. The third kappa shape index (κ3) is 22.6. The number of alkyl halides is 1. The number of hydrogen-bond acceptors (Lipinski definition) is 3. The molecule has 0 aliphatic heterocycles. The largest absolute Gasteiger partial charge is 0.500 e. The van der Waals surface area contributed by atoms with Crippen molar-refractivity contribution in [3.8, 4) is 0 Å². The molecule has 0 radical (unpaired) electrons. The highest BCUT2D eigenvalue weighted by atomic mass is 35.5. The van der Waals surface area contributed by atoms with Gasteiger partial charge in [-0.05, 0) is 33.6 Å². The smallest absolute Gasteiger partial charge is 0.374 e. The van der Waals surface area contributed by atoms with Gasteiger partial charge in [0, 0.05) is 31.7 Å². The van der Waals surface area contributed by atoms with Crippen LogP contribution in [0.2, 0.25) is 6.04 Å². The lowest BCUT2D eigenvalue weighted by Gasteiger charge is -2.28. The Bertz CT molecular complexity index is 354. The molecule has 200 valence electrons. The third-order valence-electron chi connectivity index (χ3n) is 6.46. The van der Waals surface area contributed by atoms with Gasteiger partial charge in [-0.3, -0.25) is 0 Å². The van der Waals surface area contributed by atoms with Gasteiger partial charge in [0.2, 0.25) is 0 Å². The fourth-order valence-electron chi connectivity index (χ4n) is 4.62. The maximum absolute atomic E-state index is 5.95. The van der Waals surface area contributed by atoms with Crippen LogP contribution in [-0.4, -0.2) is 34.5 Å². The van der Waals surface area contributed by atoms with E-state index < -0.39 is 8.80 Å². The minimum atomic E-state index is -2.41. The Morgan fingerprint density at radius 1 is 0.394 bits per heavy atom. The van der Waals surface area contributed by atoms with Gasteiger partial charge in [-0.1, -0.05) is 116 Å². The Morgan fingerprint density at radius 3 is 0.879 bits per heavy atom. The van der Waals surface area contributed by atoms with Crippen molar-refractivity contribution < 1.29 is 13.3 Å². The lowest BCUT2D eigenvalue weighted by molar-refractivity contribution is 0.0706. The number of hydrogen-bond donors (Lipinski definition) is 0. The van der Waals surface area contributed by atoms with Crippen molar-refractivity contribution in [3.63, 3.8) is 0 Å². The Morgan fingerprint density at radius 2 is 0.636 bits per heavy atom. The zero-order valence-electron chi connectivity index (χ0n) is 22.8. The molecule has 0 fully saturated rings. The Balaban J connectivity index is 3.35. The van der Waals surface area contributed by atoms with Crippen molar-refractivity contribution in [2.45, 2.75) is 155 Å². The van der Waals surface area contributed by atoms with Gasteiger partial charge < -0.3 is 13.3 Å². The minimum Gasteiger partial charge on any atom is -0.374 e.